The van der Waals surface area contributed by atoms with Gasteiger partial charge < -0.3 is 10.2 Å². The van der Waals surface area contributed by atoms with Gasteiger partial charge in [-0.1, -0.05) is 13.0 Å². The maximum absolute atomic E-state index is 3.44. The second-order valence-electron chi connectivity index (χ2n) is 4.06. The van der Waals surface area contributed by atoms with Crippen LogP contribution in [0.15, 0.2) is 17.5 Å². The molecule has 0 aliphatic rings. The van der Waals surface area contributed by atoms with Crippen molar-refractivity contribution in [3.05, 3.63) is 22.4 Å². The van der Waals surface area contributed by atoms with Gasteiger partial charge >= 0.3 is 0 Å². The summed E-state index contributed by atoms with van der Waals surface area (Å²) in [6.45, 7) is 7.72. The molecule has 1 aromatic heterocycles. The zero-order valence-corrected chi connectivity index (χ0v) is 10.8. The van der Waals surface area contributed by atoms with Crippen LogP contribution in [0.4, 0.5) is 0 Å². The van der Waals surface area contributed by atoms with Crippen LogP contribution in [-0.2, 0) is 6.54 Å². The Kier molecular flexibility index (Phi) is 5.91. The fourth-order valence-corrected chi connectivity index (χ4v) is 2.40. The van der Waals surface area contributed by atoms with Gasteiger partial charge in [0.2, 0.25) is 0 Å². The van der Waals surface area contributed by atoms with E-state index in [0.717, 1.165) is 19.6 Å². The van der Waals surface area contributed by atoms with Gasteiger partial charge in [0, 0.05) is 17.5 Å². The molecule has 1 unspecified atom stereocenters. The molecule has 1 rings (SSSR count). The topological polar surface area (TPSA) is 15.3 Å². The third kappa shape index (κ3) is 5.30. The molecule has 0 aromatic carbocycles. The van der Waals surface area contributed by atoms with Gasteiger partial charge in [0.15, 0.2) is 0 Å². The SMILES string of the molecule is CCNC(C)CCN(C)Cc1cccs1. The molecule has 86 valence electrons. The van der Waals surface area contributed by atoms with Crippen molar-refractivity contribution in [3.63, 3.8) is 0 Å². The summed E-state index contributed by atoms with van der Waals surface area (Å²) in [5.74, 6) is 0. The summed E-state index contributed by atoms with van der Waals surface area (Å²) in [4.78, 5) is 3.84. The number of thiophene rings is 1. The quantitative estimate of drug-likeness (QED) is 0.769. The van der Waals surface area contributed by atoms with Gasteiger partial charge in [-0.15, -0.1) is 11.3 Å². The van der Waals surface area contributed by atoms with Crippen LogP contribution in [0.2, 0.25) is 0 Å². The minimum Gasteiger partial charge on any atom is -0.314 e. The molecule has 0 bridgehead atoms. The van der Waals surface area contributed by atoms with Gasteiger partial charge in [0.1, 0.15) is 0 Å². The van der Waals surface area contributed by atoms with E-state index >= 15 is 0 Å². The molecule has 0 saturated heterocycles. The van der Waals surface area contributed by atoms with E-state index in [0.29, 0.717) is 6.04 Å². The highest BCUT2D eigenvalue weighted by molar-refractivity contribution is 7.09. The second kappa shape index (κ2) is 6.99. The Labute approximate surface area is 97.3 Å². The van der Waals surface area contributed by atoms with E-state index in [1.807, 2.05) is 11.3 Å². The van der Waals surface area contributed by atoms with E-state index in [4.69, 9.17) is 0 Å². The first kappa shape index (κ1) is 12.7. The molecule has 1 atom stereocenters. The monoisotopic (exact) mass is 226 g/mol. The molecule has 0 aliphatic carbocycles. The number of nitrogens with one attached hydrogen (secondary N) is 1. The van der Waals surface area contributed by atoms with Crippen LogP contribution < -0.4 is 5.32 Å². The van der Waals surface area contributed by atoms with Crippen LogP contribution in [0.5, 0.6) is 0 Å². The Morgan fingerprint density at radius 3 is 2.93 bits per heavy atom. The van der Waals surface area contributed by atoms with Crippen LogP contribution >= 0.6 is 11.3 Å². The van der Waals surface area contributed by atoms with Crippen molar-refractivity contribution in [1.82, 2.24) is 10.2 Å². The fraction of sp³-hybridized carbons (Fsp3) is 0.667. The highest BCUT2D eigenvalue weighted by Crippen LogP contribution is 2.10. The predicted octanol–water partition coefficient (Wildman–Crippen LogP) is 2.57. The Morgan fingerprint density at radius 2 is 2.33 bits per heavy atom. The van der Waals surface area contributed by atoms with Crippen molar-refractivity contribution in [2.75, 3.05) is 20.1 Å². The first-order valence-corrected chi connectivity index (χ1v) is 6.54. The average molecular weight is 226 g/mol. The van der Waals surface area contributed by atoms with Gasteiger partial charge in [-0.05, 0) is 44.9 Å². The van der Waals surface area contributed by atoms with E-state index < -0.39 is 0 Å². The third-order valence-corrected chi connectivity index (χ3v) is 3.36. The molecular weight excluding hydrogens is 204 g/mol. The minimum atomic E-state index is 0.626. The summed E-state index contributed by atoms with van der Waals surface area (Å²) in [6, 6.07) is 4.95. The minimum absolute atomic E-state index is 0.626. The van der Waals surface area contributed by atoms with Gasteiger partial charge in [-0.2, -0.15) is 0 Å². The predicted molar refractivity (Wildman–Crippen MR) is 68.4 cm³/mol. The standard InChI is InChI=1S/C12H22N2S/c1-4-13-11(2)7-8-14(3)10-12-6-5-9-15-12/h5-6,9,11,13H,4,7-8,10H2,1-3H3. The summed E-state index contributed by atoms with van der Waals surface area (Å²) >= 11 is 1.84. The highest BCUT2D eigenvalue weighted by atomic mass is 32.1. The van der Waals surface area contributed by atoms with Crippen LogP contribution in [0.3, 0.4) is 0 Å². The lowest BCUT2D eigenvalue weighted by Crippen LogP contribution is -2.30. The number of hydrogen-bond donors (Lipinski definition) is 1. The number of nitrogens with zero attached hydrogens (tertiary/aromatic N) is 1. The Bertz CT molecular complexity index is 246. The molecule has 1 N–H and O–H groups in total. The Morgan fingerprint density at radius 1 is 1.53 bits per heavy atom. The van der Waals surface area contributed by atoms with Crippen LogP contribution in [0.1, 0.15) is 25.1 Å². The molecule has 0 radical (unpaired) electrons. The fourth-order valence-electron chi connectivity index (χ4n) is 1.61. The summed E-state index contributed by atoms with van der Waals surface area (Å²) in [6.07, 6.45) is 1.22. The molecule has 0 amide bonds. The molecule has 0 aliphatic heterocycles. The zero-order chi connectivity index (χ0) is 11.1. The van der Waals surface area contributed by atoms with Crippen LogP contribution in [0, 0.1) is 0 Å². The first-order valence-electron chi connectivity index (χ1n) is 5.66. The smallest absolute Gasteiger partial charge is 0.0324 e. The molecule has 3 heteroatoms. The normalized spacial score (nSPS) is 13.3. The van der Waals surface area contributed by atoms with Crippen molar-refractivity contribution >= 4 is 11.3 Å². The summed E-state index contributed by atoms with van der Waals surface area (Å²) in [7, 11) is 2.19. The van der Waals surface area contributed by atoms with E-state index in [2.05, 4.69) is 48.6 Å². The molecule has 2 nitrogen and oxygen atoms in total. The largest absolute Gasteiger partial charge is 0.314 e. The van der Waals surface area contributed by atoms with Gasteiger partial charge in [-0.3, -0.25) is 0 Å². The van der Waals surface area contributed by atoms with E-state index in [-0.39, 0.29) is 0 Å². The van der Waals surface area contributed by atoms with Gasteiger partial charge in [0.25, 0.3) is 0 Å². The lowest BCUT2D eigenvalue weighted by Gasteiger charge is -2.19. The van der Waals surface area contributed by atoms with Crippen molar-refractivity contribution in [2.24, 2.45) is 0 Å². The summed E-state index contributed by atoms with van der Waals surface area (Å²) in [5, 5.41) is 5.58. The third-order valence-electron chi connectivity index (χ3n) is 2.50. The van der Waals surface area contributed by atoms with E-state index in [1.54, 1.807) is 0 Å². The van der Waals surface area contributed by atoms with E-state index in [9.17, 15) is 0 Å². The summed E-state index contributed by atoms with van der Waals surface area (Å²) < 4.78 is 0. The number of rotatable bonds is 7. The lowest BCUT2D eigenvalue weighted by molar-refractivity contribution is 0.307. The molecule has 0 saturated carbocycles. The maximum atomic E-state index is 3.44. The highest BCUT2D eigenvalue weighted by Gasteiger charge is 2.04. The average Bonchev–Trinajstić information content (AvgIpc) is 2.68. The zero-order valence-electron chi connectivity index (χ0n) is 9.99. The summed E-state index contributed by atoms with van der Waals surface area (Å²) in [5.41, 5.74) is 0. The molecular formula is C12H22N2S. The Balaban J connectivity index is 2.16. The van der Waals surface area contributed by atoms with Gasteiger partial charge in [0.05, 0.1) is 0 Å². The Hall–Kier alpha value is -0.380. The van der Waals surface area contributed by atoms with Gasteiger partial charge in [-0.25, -0.2) is 0 Å². The lowest BCUT2D eigenvalue weighted by atomic mass is 10.2. The molecule has 15 heavy (non-hydrogen) atoms. The van der Waals surface area contributed by atoms with Crippen LogP contribution in [-0.4, -0.2) is 31.1 Å². The molecule has 0 fully saturated rings. The first-order chi connectivity index (χ1) is 7.22. The van der Waals surface area contributed by atoms with Crippen molar-refractivity contribution in [3.8, 4) is 0 Å². The number of hydrogen-bond acceptors (Lipinski definition) is 3. The van der Waals surface area contributed by atoms with E-state index in [1.165, 1.54) is 11.3 Å². The maximum Gasteiger partial charge on any atom is 0.0324 e. The second-order valence-corrected chi connectivity index (χ2v) is 5.10. The molecule has 1 heterocycles. The van der Waals surface area contributed by atoms with Crippen molar-refractivity contribution in [1.29, 1.82) is 0 Å². The molecule has 0 spiro atoms. The van der Waals surface area contributed by atoms with Crippen LogP contribution in [0.25, 0.3) is 0 Å². The van der Waals surface area contributed by atoms with Crippen molar-refractivity contribution in [2.45, 2.75) is 32.9 Å². The molecule has 1 aromatic rings. The van der Waals surface area contributed by atoms with Crippen molar-refractivity contribution < 1.29 is 0 Å².